The van der Waals surface area contributed by atoms with Crippen molar-refractivity contribution >= 4 is 34.1 Å². The molecule has 3 aromatic heterocycles. The summed E-state index contributed by atoms with van der Waals surface area (Å²) in [4.78, 5) is 55.7. The number of aromatic nitrogens is 4. The molecule has 1 amide bonds. The van der Waals surface area contributed by atoms with E-state index in [9.17, 15) is 19.5 Å². The Bertz CT molecular complexity index is 1680. The molecule has 10 heteroatoms. The van der Waals surface area contributed by atoms with E-state index in [4.69, 9.17) is 4.98 Å². The number of likely N-dealkylation sites (tertiary alicyclic amines) is 1. The lowest BCUT2D eigenvalue weighted by atomic mass is 10.0. The zero-order valence-electron chi connectivity index (χ0n) is 19.6. The van der Waals surface area contributed by atoms with E-state index in [2.05, 4.69) is 15.0 Å². The Morgan fingerprint density at radius 2 is 1.97 bits per heavy atom. The predicted molar refractivity (Wildman–Crippen MR) is 135 cm³/mol. The van der Waals surface area contributed by atoms with E-state index in [-0.39, 0.29) is 17.3 Å². The molecule has 1 aromatic carbocycles. The fraction of sp³-hybridized carbons (Fsp3) is 0.308. The quantitative estimate of drug-likeness (QED) is 0.426. The molecule has 0 spiro atoms. The summed E-state index contributed by atoms with van der Waals surface area (Å²) in [7, 11) is 0. The maximum atomic E-state index is 13.1. The van der Waals surface area contributed by atoms with Crippen molar-refractivity contribution < 1.29 is 9.90 Å². The first kappa shape index (κ1) is 22.3. The number of aromatic amines is 1. The summed E-state index contributed by atoms with van der Waals surface area (Å²) in [5, 5.41) is 9.94. The first-order chi connectivity index (χ1) is 17.4. The number of fused-ring (bicyclic) bond motifs is 4. The second-order valence-electron chi connectivity index (χ2n) is 9.33. The van der Waals surface area contributed by atoms with E-state index in [1.165, 1.54) is 13.1 Å². The van der Waals surface area contributed by atoms with Crippen molar-refractivity contribution in [3.8, 4) is 11.3 Å². The van der Waals surface area contributed by atoms with Gasteiger partial charge in [-0.1, -0.05) is 12.1 Å². The second-order valence-corrected chi connectivity index (χ2v) is 9.33. The molecule has 5 heterocycles. The van der Waals surface area contributed by atoms with Crippen molar-refractivity contribution in [1.82, 2.24) is 24.4 Å². The van der Waals surface area contributed by atoms with Crippen molar-refractivity contribution in [2.45, 2.75) is 38.5 Å². The third-order valence-electron chi connectivity index (χ3n) is 7.04. The van der Waals surface area contributed by atoms with Crippen LogP contribution in [0.25, 0.3) is 33.2 Å². The minimum absolute atomic E-state index is 0.248. The van der Waals surface area contributed by atoms with Gasteiger partial charge in [0.2, 0.25) is 0 Å². The standard InChI is InChI=1S/C26H24N6O4/c1-14(33)25(35)31-8-6-18(7-9-31)32-23-19(24(34)30-26(32)36)13-28-21-5-4-20(29-22(21)23)15-2-3-16-11-27-12-17(16)10-15/h2-5,10,12-14,18,33H,6-9,11H2,1H3,(H,30,34,36)/t14-/m1/s1. The molecule has 2 aliphatic heterocycles. The van der Waals surface area contributed by atoms with Crippen LogP contribution in [0.1, 0.15) is 36.9 Å². The molecule has 1 atom stereocenters. The maximum absolute atomic E-state index is 13.1. The highest BCUT2D eigenvalue weighted by Gasteiger charge is 2.28. The minimum Gasteiger partial charge on any atom is -0.384 e. The summed E-state index contributed by atoms with van der Waals surface area (Å²) in [6.45, 7) is 2.93. The number of hydrogen-bond acceptors (Lipinski definition) is 7. The van der Waals surface area contributed by atoms with Crippen molar-refractivity contribution in [2.75, 3.05) is 13.1 Å². The molecule has 36 heavy (non-hydrogen) atoms. The number of nitrogens with zero attached hydrogens (tertiary/aromatic N) is 5. The molecule has 10 nitrogen and oxygen atoms in total. The van der Waals surface area contributed by atoms with Gasteiger partial charge in [-0.05, 0) is 49.1 Å². The number of carbonyl (C=O) groups is 1. The Labute approximate surface area is 205 Å². The number of amides is 1. The largest absolute Gasteiger partial charge is 0.384 e. The summed E-state index contributed by atoms with van der Waals surface area (Å²) < 4.78 is 1.59. The van der Waals surface area contributed by atoms with Crippen LogP contribution in [0.2, 0.25) is 0 Å². The molecular weight excluding hydrogens is 460 g/mol. The third kappa shape index (κ3) is 3.61. The van der Waals surface area contributed by atoms with Crippen LogP contribution in [0.15, 0.2) is 51.1 Å². The van der Waals surface area contributed by atoms with Gasteiger partial charge in [0.1, 0.15) is 11.6 Å². The summed E-state index contributed by atoms with van der Waals surface area (Å²) in [5.41, 5.74) is 4.30. The number of benzene rings is 1. The number of H-pyrrole nitrogens is 1. The molecule has 1 fully saturated rings. The van der Waals surface area contributed by atoms with Crippen LogP contribution in [-0.4, -0.2) is 60.8 Å². The van der Waals surface area contributed by atoms with Gasteiger partial charge in [0.05, 0.1) is 28.7 Å². The third-order valence-corrected chi connectivity index (χ3v) is 7.04. The molecule has 1 saturated heterocycles. The van der Waals surface area contributed by atoms with Crippen LogP contribution >= 0.6 is 0 Å². The topological polar surface area (TPSA) is 134 Å². The lowest BCUT2D eigenvalue weighted by Crippen LogP contribution is -2.45. The zero-order chi connectivity index (χ0) is 25.0. The molecule has 182 valence electrons. The summed E-state index contributed by atoms with van der Waals surface area (Å²) >= 11 is 0. The maximum Gasteiger partial charge on any atom is 0.329 e. The highest BCUT2D eigenvalue weighted by Crippen LogP contribution is 2.30. The lowest BCUT2D eigenvalue weighted by Gasteiger charge is -2.34. The van der Waals surface area contributed by atoms with Gasteiger partial charge in [-0.25, -0.2) is 9.78 Å². The smallest absolute Gasteiger partial charge is 0.329 e. The molecule has 6 rings (SSSR count). The van der Waals surface area contributed by atoms with Gasteiger partial charge in [0, 0.05) is 37.1 Å². The van der Waals surface area contributed by atoms with Crippen LogP contribution in [0.4, 0.5) is 0 Å². The SMILES string of the molecule is C[C@@H](O)C(=O)N1CCC(n2c(=O)[nH]c(=O)c3cnc4ccc(-c5ccc6c(c5)C=NC6)nc4c32)CC1. The highest BCUT2D eigenvalue weighted by molar-refractivity contribution is 6.01. The van der Waals surface area contributed by atoms with Gasteiger partial charge in [0.15, 0.2) is 0 Å². The van der Waals surface area contributed by atoms with Gasteiger partial charge in [-0.3, -0.25) is 29.1 Å². The number of aliphatic imine (C=N–C) groups is 1. The molecule has 4 aromatic rings. The monoisotopic (exact) mass is 484 g/mol. The average Bonchev–Trinajstić information content (AvgIpc) is 3.36. The van der Waals surface area contributed by atoms with E-state index in [1.807, 2.05) is 36.5 Å². The number of piperidine rings is 1. The number of pyridine rings is 2. The summed E-state index contributed by atoms with van der Waals surface area (Å²) in [5.74, 6) is -0.326. The lowest BCUT2D eigenvalue weighted by molar-refractivity contribution is -0.140. The van der Waals surface area contributed by atoms with Crippen molar-refractivity contribution in [1.29, 1.82) is 0 Å². The first-order valence-corrected chi connectivity index (χ1v) is 11.9. The van der Waals surface area contributed by atoms with E-state index in [1.54, 1.807) is 9.47 Å². The van der Waals surface area contributed by atoms with Gasteiger partial charge < -0.3 is 10.0 Å². The number of aliphatic hydroxyl groups excluding tert-OH is 1. The Morgan fingerprint density at radius 3 is 2.75 bits per heavy atom. The van der Waals surface area contributed by atoms with Gasteiger partial charge in [0.25, 0.3) is 11.5 Å². The number of rotatable bonds is 3. The Hall–Kier alpha value is -4.18. The van der Waals surface area contributed by atoms with E-state index in [0.717, 1.165) is 16.7 Å². The van der Waals surface area contributed by atoms with Gasteiger partial charge >= 0.3 is 5.69 Å². The molecule has 2 aliphatic rings. The van der Waals surface area contributed by atoms with Gasteiger partial charge in [-0.15, -0.1) is 0 Å². The first-order valence-electron chi connectivity index (χ1n) is 11.9. The second kappa shape index (κ2) is 8.49. The number of hydrogen-bond donors (Lipinski definition) is 2. The average molecular weight is 485 g/mol. The van der Waals surface area contributed by atoms with Crippen molar-refractivity contribution in [3.05, 3.63) is 68.5 Å². The van der Waals surface area contributed by atoms with Crippen LogP contribution in [0.5, 0.6) is 0 Å². The Kier molecular flexibility index (Phi) is 5.26. The summed E-state index contributed by atoms with van der Waals surface area (Å²) in [6, 6.07) is 9.54. The molecule has 0 saturated carbocycles. The number of carbonyl (C=O) groups excluding carboxylic acids is 1. The van der Waals surface area contributed by atoms with Crippen molar-refractivity contribution in [3.63, 3.8) is 0 Å². The van der Waals surface area contributed by atoms with Crippen molar-refractivity contribution in [2.24, 2.45) is 4.99 Å². The molecular formula is C26H24N6O4. The van der Waals surface area contributed by atoms with Crippen LogP contribution in [-0.2, 0) is 11.3 Å². The van der Waals surface area contributed by atoms with E-state index >= 15 is 0 Å². The van der Waals surface area contributed by atoms with Gasteiger partial charge in [-0.2, -0.15) is 0 Å². The normalized spacial score (nSPS) is 16.6. The van der Waals surface area contributed by atoms with Crippen LogP contribution in [0, 0.1) is 0 Å². The Morgan fingerprint density at radius 1 is 1.17 bits per heavy atom. The molecule has 2 N–H and O–H groups in total. The van der Waals surface area contributed by atoms with E-state index < -0.39 is 17.4 Å². The van der Waals surface area contributed by atoms with E-state index in [0.29, 0.717) is 54.7 Å². The highest BCUT2D eigenvalue weighted by atomic mass is 16.3. The molecule has 0 aliphatic carbocycles. The fourth-order valence-electron chi connectivity index (χ4n) is 5.17. The minimum atomic E-state index is -1.07. The number of aliphatic hydroxyl groups is 1. The fourth-order valence-corrected chi connectivity index (χ4v) is 5.17. The molecule has 0 radical (unpaired) electrons. The molecule has 0 unspecified atom stereocenters. The summed E-state index contributed by atoms with van der Waals surface area (Å²) in [6.07, 6.45) is 3.27. The van der Waals surface area contributed by atoms with Crippen LogP contribution < -0.4 is 11.2 Å². The molecule has 0 bridgehead atoms. The van der Waals surface area contributed by atoms with Crippen LogP contribution in [0.3, 0.4) is 0 Å². The number of nitrogens with one attached hydrogen (secondary N) is 1. The Balaban J connectivity index is 1.50. The predicted octanol–water partition coefficient (Wildman–Crippen LogP) is 1.78. The zero-order valence-corrected chi connectivity index (χ0v) is 19.6.